The second-order valence-electron chi connectivity index (χ2n) is 5.98. The largest absolute Gasteiger partial charge is 0.347 e. The molecule has 1 unspecified atom stereocenters. The fourth-order valence-corrected chi connectivity index (χ4v) is 3.07. The van der Waals surface area contributed by atoms with Crippen LogP contribution in [0.1, 0.15) is 17.2 Å². The first-order chi connectivity index (χ1) is 11.7. The van der Waals surface area contributed by atoms with Crippen molar-refractivity contribution in [1.29, 1.82) is 0 Å². The summed E-state index contributed by atoms with van der Waals surface area (Å²) in [5.74, 6) is -0.0530. The molecule has 5 nitrogen and oxygen atoms in total. The fourth-order valence-electron chi connectivity index (χ4n) is 3.07. The van der Waals surface area contributed by atoms with Crippen LogP contribution >= 0.6 is 0 Å². The van der Waals surface area contributed by atoms with Crippen LogP contribution in [0, 0.1) is 0 Å². The maximum atomic E-state index is 12.9. The summed E-state index contributed by atoms with van der Waals surface area (Å²) in [6, 6.07) is 19.1. The van der Waals surface area contributed by atoms with Gasteiger partial charge in [-0.25, -0.2) is 0 Å². The molecular formula is C19H22N3O2+. The number of carbonyl (C=O) groups excluding carboxylic acids is 2. The molecule has 1 aliphatic heterocycles. The van der Waals surface area contributed by atoms with Crippen LogP contribution in [-0.4, -0.2) is 31.4 Å². The van der Waals surface area contributed by atoms with Crippen LogP contribution in [0.15, 0.2) is 60.7 Å². The predicted octanol–water partition coefficient (Wildman–Crippen LogP) is 0.0588. The summed E-state index contributed by atoms with van der Waals surface area (Å²) in [6.07, 6.45) is 0. The minimum absolute atomic E-state index is 0.00644. The van der Waals surface area contributed by atoms with Crippen LogP contribution in [-0.2, 0) is 16.1 Å². The molecule has 5 heteroatoms. The second kappa shape index (κ2) is 7.75. The monoisotopic (exact) mass is 324 g/mol. The molecule has 1 saturated heterocycles. The Morgan fingerprint density at radius 2 is 1.75 bits per heavy atom. The Bertz CT molecular complexity index is 688. The van der Waals surface area contributed by atoms with E-state index >= 15 is 0 Å². The standard InChI is InChI=1S/C19H21N3O2/c23-17-14-22(12-11-20-17)18(16-9-5-2-6-10-16)19(24)21-13-15-7-3-1-4-8-15/h1-10,18H,11-14H2,(H,20,23)(H,21,24)/p+1/t18-/m1/s1. The van der Waals surface area contributed by atoms with E-state index in [1.165, 1.54) is 0 Å². The van der Waals surface area contributed by atoms with E-state index < -0.39 is 0 Å². The lowest BCUT2D eigenvalue weighted by Crippen LogP contribution is -3.16. The Kier molecular flexibility index (Phi) is 5.23. The normalized spacial score (nSPS) is 18.5. The number of hydrogen-bond donors (Lipinski definition) is 3. The number of hydrogen-bond acceptors (Lipinski definition) is 2. The van der Waals surface area contributed by atoms with Gasteiger partial charge in [-0.3, -0.25) is 9.59 Å². The summed E-state index contributed by atoms with van der Waals surface area (Å²) >= 11 is 0. The number of piperazine rings is 1. The first kappa shape index (κ1) is 16.2. The average molecular weight is 324 g/mol. The van der Waals surface area contributed by atoms with Crippen molar-refractivity contribution in [2.45, 2.75) is 12.6 Å². The number of quaternary nitrogens is 1. The predicted molar refractivity (Wildman–Crippen MR) is 91.2 cm³/mol. The Morgan fingerprint density at radius 3 is 2.42 bits per heavy atom. The third-order valence-electron chi connectivity index (χ3n) is 4.27. The second-order valence-corrected chi connectivity index (χ2v) is 5.98. The van der Waals surface area contributed by atoms with E-state index in [0.717, 1.165) is 22.6 Å². The maximum Gasteiger partial charge on any atom is 0.283 e. The van der Waals surface area contributed by atoms with Crippen molar-refractivity contribution in [3.05, 3.63) is 71.8 Å². The highest BCUT2D eigenvalue weighted by Gasteiger charge is 2.34. The van der Waals surface area contributed by atoms with Gasteiger partial charge in [0.05, 0.1) is 13.1 Å². The molecule has 3 rings (SSSR count). The van der Waals surface area contributed by atoms with Gasteiger partial charge >= 0.3 is 0 Å². The van der Waals surface area contributed by atoms with Crippen molar-refractivity contribution in [1.82, 2.24) is 10.6 Å². The quantitative estimate of drug-likeness (QED) is 0.728. The van der Waals surface area contributed by atoms with Gasteiger partial charge in [0.1, 0.15) is 0 Å². The number of nitrogens with one attached hydrogen (secondary N) is 3. The molecule has 2 aromatic rings. The van der Waals surface area contributed by atoms with Crippen LogP contribution in [0.3, 0.4) is 0 Å². The molecule has 2 aromatic carbocycles. The Labute approximate surface area is 141 Å². The van der Waals surface area contributed by atoms with Gasteiger partial charge in [-0.1, -0.05) is 60.7 Å². The lowest BCUT2D eigenvalue weighted by atomic mass is 10.0. The van der Waals surface area contributed by atoms with Gasteiger partial charge in [0.15, 0.2) is 12.6 Å². The summed E-state index contributed by atoms with van der Waals surface area (Å²) in [6.45, 7) is 2.15. The highest BCUT2D eigenvalue weighted by Crippen LogP contribution is 2.10. The molecule has 1 heterocycles. The van der Waals surface area contributed by atoms with E-state index in [1.54, 1.807) is 0 Å². The molecule has 0 radical (unpaired) electrons. The smallest absolute Gasteiger partial charge is 0.283 e. The third kappa shape index (κ3) is 4.00. The summed E-state index contributed by atoms with van der Waals surface area (Å²) in [5.41, 5.74) is 2.00. The van der Waals surface area contributed by atoms with E-state index in [4.69, 9.17) is 0 Å². The number of rotatable bonds is 5. The van der Waals surface area contributed by atoms with Crippen LogP contribution in [0.4, 0.5) is 0 Å². The molecule has 0 spiro atoms. The number of carbonyl (C=O) groups is 2. The van der Waals surface area contributed by atoms with Crippen molar-refractivity contribution < 1.29 is 14.5 Å². The molecule has 1 fully saturated rings. The van der Waals surface area contributed by atoms with Crippen molar-refractivity contribution in [2.24, 2.45) is 0 Å². The van der Waals surface area contributed by atoms with Gasteiger partial charge < -0.3 is 15.5 Å². The first-order valence-electron chi connectivity index (χ1n) is 8.22. The topological polar surface area (TPSA) is 62.6 Å². The van der Waals surface area contributed by atoms with Crippen molar-refractivity contribution in [3.63, 3.8) is 0 Å². The SMILES string of the molecule is O=C1C[NH+]([C@@H](C(=O)NCc2ccccc2)c2ccccc2)CCN1. The van der Waals surface area contributed by atoms with Gasteiger partial charge in [-0.05, 0) is 5.56 Å². The van der Waals surface area contributed by atoms with Crippen LogP contribution in [0.5, 0.6) is 0 Å². The molecule has 0 bridgehead atoms. The molecule has 24 heavy (non-hydrogen) atoms. The highest BCUT2D eigenvalue weighted by molar-refractivity contribution is 5.82. The molecule has 0 saturated carbocycles. The number of benzene rings is 2. The summed E-state index contributed by atoms with van der Waals surface area (Å²) < 4.78 is 0. The molecule has 0 aromatic heterocycles. The minimum atomic E-state index is -0.374. The zero-order valence-electron chi connectivity index (χ0n) is 13.5. The molecule has 1 aliphatic rings. The molecular weight excluding hydrogens is 302 g/mol. The van der Waals surface area contributed by atoms with Gasteiger partial charge in [-0.15, -0.1) is 0 Å². The summed E-state index contributed by atoms with van der Waals surface area (Å²) in [7, 11) is 0. The van der Waals surface area contributed by atoms with Gasteiger partial charge in [-0.2, -0.15) is 0 Å². The highest BCUT2D eigenvalue weighted by atomic mass is 16.2. The lowest BCUT2D eigenvalue weighted by Gasteiger charge is -2.30. The minimum Gasteiger partial charge on any atom is -0.347 e. The summed E-state index contributed by atoms with van der Waals surface area (Å²) in [4.78, 5) is 25.6. The molecule has 2 amide bonds. The van der Waals surface area contributed by atoms with Crippen LogP contribution in [0.25, 0.3) is 0 Å². The van der Waals surface area contributed by atoms with Crippen molar-refractivity contribution >= 4 is 11.8 Å². The van der Waals surface area contributed by atoms with Gasteiger partial charge in [0.2, 0.25) is 0 Å². The van der Waals surface area contributed by atoms with E-state index in [0.29, 0.717) is 19.6 Å². The fraction of sp³-hybridized carbons (Fsp3) is 0.263. The Balaban J connectivity index is 1.76. The third-order valence-corrected chi connectivity index (χ3v) is 4.27. The molecule has 124 valence electrons. The zero-order valence-corrected chi connectivity index (χ0v) is 13.5. The van der Waals surface area contributed by atoms with Gasteiger partial charge in [0, 0.05) is 12.1 Å². The first-order valence-corrected chi connectivity index (χ1v) is 8.22. The van der Waals surface area contributed by atoms with E-state index in [1.807, 2.05) is 60.7 Å². The lowest BCUT2D eigenvalue weighted by molar-refractivity contribution is -0.915. The molecule has 2 atom stereocenters. The van der Waals surface area contributed by atoms with Crippen molar-refractivity contribution in [3.8, 4) is 0 Å². The zero-order chi connectivity index (χ0) is 16.8. The summed E-state index contributed by atoms with van der Waals surface area (Å²) in [5, 5.41) is 5.84. The average Bonchev–Trinajstić information content (AvgIpc) is 2.62. The van der Waals surface area contributed by atoms with Crippen LogP contribution < -0.4 is 15.5 Å². The Hall–Kier alpha value is -2.66. The van der Waals surface area contributed by atoms with Crippen molar-refractivity contribution in [2.75, 3.05) is 19.6 Å². The molecule has 3 N–H and O–H groups in total. The van der Waals surface area contributed by atoms with E-state index in [2.05, 4.69) is 10.6 Å². The number of amides is 2. The van der Waals surface area contributed by atoms with E-state index in [-0.39, 0.29) is 17.9 Å². The molecule has 0 aliphatic carbocycles. The Morgan fingerprint density at radius 1 is 1.08 bits per heavy atom. The maximum absolute atomic E-state index is 12.9. The van der Waals surface area contributed by atoms with Gasteiger partial charge in [0.25, 0.3) is 11.8 Å². The van der Waals surface area contributed by atoms with E-state index in [9.17, 15) is 9.59 Å². The van der Waals surface area contributed by atoms with Crippen LogP contribution in [0.2, 0.25) is 0 Å².